The Balaban J connectivity index is 2.50. The summed E-state index contributed by atoms with van der Waals surface area (Å²) in [6.45, 7) is 0. The highest BCUT2D eigenvalue weighted by atomic mass is 35.5. The summed E-state index contributed by atoms with van der Waals surface area (Å²) >= 11 is 11.7. The van der Waals surface area contributed by atoms with Crippen LogP contribution >= 0.6 is 23.2 Å². The molecular formula is C12H10Cl2N2. The minimum Gasteiger partial charge on any atom is -0.398 e. The van der Waals surface area contributed by atoms with Crippen LogP contribution in [0.4, 0.5) is 11.4 Å². The maximum Gasteiger partial charge on any atom is 0.0635 e. The highest BCUT2D eigenvalue weighted by Crippen LogP contribution is 2.30. The first-order chi connectivity index (χ1) is 7.58. The molecule has 2 rings (SSSR count). The normalized spacial score (nSPS) is 10.4. The van der Waals surface area contributed by atoms with Gasteiger partial charge in [0.1, 0.15) is 0 Å². The topological polar surface area (TPSA) is 52.0 Å². The van der Waals surface area contributed by atoms with E-state index in [1.54, 1.807) is 12.1 Å². The van der Waals surface area contributed by atoms with Gasteiger partial charge in [0.05, 0.1) is 21.4 Å². The molecule has 16 heavy (non-hydrogen) atoms. The molecule has 82 valence electrons. The third kappa shape index (κ3) is 2.08. The Bertz CT molecular complexity index is 489. The zero-order valence-electron chi connectivity index (χ0n) is 8.37. The lowest BCUT2D eigenvalue weighted by Gasteiger charge is -2.06. The van der Waals surface area contributed by atoms with Crippen molar-refractivity contribution in [3.8, 4) is 11.1 Å². The van der Waals surface area contributed by atoms with Crippen LogP contribution in [-0.2, 0) is 0 Å². The van der Waals surface area contributed by atoms with Gasteiger partial charge in [-0.15, -0.1) is 0 Å². The lowest BCUT2D eigenvalue weighted by molar-refractivity contribution is 1.60. The van der Waals surface area contributed by atoms with E-state index in [1.165, 1.54) is 0 Å². The van der Waals surface area contributed by atoms with Gasteiger partial charge in [-0.05, 0) is 35.4 Å². The predicted molar refractivity (Wildman–Crippen MR) is 70.7 cm³/mol. The van der Waals surface area contributed by atoms with E-state index in [1.807, 2.05) is 24.3 Å². The van der Waals surface area contributed by atoms with Crippen LogP contribution in [0.5, 0.6) is 0 Å². The van der Waals surface area contributed by atoms with Gasteiger partial charge >= 0.3 is 0 Å². The summed E-state index contributed by atoms with van der Waals surface area (Å²) in [5.41, 5.74) is 14.5. The fraction of sp³-hybridized carbons (Fsp3) is 0. The number of hydrogen-bond acceptors (Lipinski definition) is 2. The van der Waals surface area contributed by atoms with E-state index in [0.29, 0.717) is 21.4 Å². The lowest BCUT2D eigenvalue weighted by atomic mass is 10.0. The number of rotatable bonds is 1. The van der Waals surface area contributed by atoms with E-state index in [0.717, 1.165) is 11.1 Å². The van der Waals surface area contributed by atoms with E-state index in [-0.39, 0.29) is 0 Å². The molecule has 0 bridgehead atoms. The zero-order valence-corrected chi connectivity index (χ0v) is 9.89. The molecule has 0 fully saturated rings. The molecule has 0 aromatic heterocycles. The molecule has 4 heteroatoms. The minimum absolute atomic E-state index is 0.547. The van der Waals surface area contributed by atoms with Crippen LogP contribution in [0.1, 0.15) is 0 Å². The second-order valence-corrected chi connectivity index (χ2v) is 4.29. The number of nitrogen functional groups attached to an aromatic ring is 2. The Morgan fingerprint density at radius 2 is 1.06 bits per heavy atom. The predicted octanol–water partition coefficient (Wildman–Crippen LogP) is 3.82. The molecule has 2 nitrogen and oxygen atoms in total. The average Bonchev–Trinajstić information content (AvgIpc) is 2.26. The first-order valence-electron chi connectivity index (χ1n) is 4.68. The second-order valence-electron chi connectivity index (χ2n) is 3.47. The molecule has 0 aliphatic carbocycles. The number of anilines is 2. The number of halogens is 2. The average molecular weight is 253 g/mol. The van der Waals surface area contributed by atoms with Crippen LogP contribution in [0, 0.1) is 0 Å². The zero-order chi connectivity index (χ0) is 11.7. The molecule has 0 saturated carbocycles. The molecular weight excluding hydrogens is 243 g/mol. The van der Waals surface area contributed by atoms with Gasteiger partial charge in [-0.1, -0.05) is 35.3 Å². The highest BCUT2D eigenvalue weighted by Gasteiger charge is 2.03. The monoisotopic (exact) mass is 252 g/mol. The van der Waals surface area contributed by atoms with Crippen LogP contribution < -0.4 is 11.5 Å². The second kappa shape index (κ2) is 4.24. The standard InChI is InChI=1S/C12H10Cl2N2/c13-9-3-1-7(5-11(9)15)8-2-4-10(14)12(16)6-8/h1-6H,15-16H2. The molecule has 0 aliphatic heterocycles. The van der Waals surface area contributed by atoms with Gasteiger partial charge in [-0.2, -0.15) is 0 Å². The van der Waals surface area contributed by atoms with Gasteiger partial charge in [-0.25, -0.2) is 0 Å². The van der Waals surface area contributed by atoms with Crippen molar-refractivity contribution in [3.63, 3.8) is 0 Å². The minimum atomic E-state index is 0.547. The summed E-state index contributed by atoms with van der Waals surface area (Å²) in [6, 6.07) is 10.9. The summed E-state index contributed by atoms with van der Waals surface area (Å²) in [5, 5.41) is 1.09. The SMILES string of the molecule is Nc1cc(-c2ccc(Cl)c(N)c2)ccc1Cl. The summed E-state index contributed by atoms with van der Waals surface area (Å²) < 4.78 is 0. The molecule has 0 atom stereocenters. The maximum atomic E-state index is 5.85. The van der Waals surface area contributed by atoms with E-state index in [4.69, 9.17) is 34.7 Å². The van der Waals surface area contributed by atoms with Crippen LogP contribution in [0.2, 0.25) is 10.0 Å². The summed E-state index contributed by atoms with van der Waals surface area (Å²) in [6.07, 6.45) is 0. The van der Waals surface area contributed by atoms with Crippen LogP contribution in [0.15, 0.2) is 36.4 Å². The molecule has 0 heterocycles. The molecule has 0 amide bonds. The van der Waals surface area contributed by atoms with Gasteiger partial charge in [0, 0.05) is 0 Å². The first kappa shape index (κ1) is 11.1. The van der Waals surface area contributed by atoms with Crippen molar-refractivity contribution in [3.05, 3.63) is 46.4 Å². The van der Waals surface area contributed by atoms with E-state index < -0.39 is 0 Å². The molecule has 2 aromatic carbocycles. The third-order valence-corrected chi connectivity index (χ3v) is 3.01. The number of benzene rings is 2. The Kier molecular flexibility index (Phi) is 2.95. The van der Waals surface area contributed by atoms with Crippen molar-refractivity contribution in [2.75, 3.05) is 11.5 Å². The van der Waals surface area contributed by atoms with Gasteiger partial charge in [-0.3, -0.25) is 0 Å². The van der Waals surface area contributed by atoms with Crippen LogP contribution in [-0.4, -0.2) is 0 Å². The van der Waals surface area contributed by atoms with Crippen molar-refractivity contribution < 1.29 is 0 Å². The molecule has 0 radical (unpaired) electrons. The first-order valence-corrected chi connectivity index (χ1v) is 5.44. The van der Waals surface area contributed by atoms with E-state index >= 15 is 0 Å². The lowest BCUT2D eigenvalue weighted by Crippen LogP contribution is -1.89. The van der Waals surface area contributed by atoms with Gasteiger partial charge in [0.25, 0.3) is 0 Å². The van der Waals surface area contributed by atoms with Gasteiger partial charge in [0.2, 0.25) is 0 Å². The third-order valence-electron chi connectivity index (χ3n) is 2.33. The Labute approximate surface area is 104 Å². The van der Waals surface area contributed by atoms with Crippen molar-refractivity contribution >= 4 is 34.6 Å². The molecule has 2 aromatic rings. The summed E-state index contributed by atoms with van der Waals surface area (Å²) in [7, 11) is 0. The fourth-order valence-electron chi connectivity index (χ4n) is 1.45. The quantitative estimate of drug-likeness (QED) is 0.759. The van der Waals surface area contributed by atoms with Gasteiger partial charge in [0.15, 0.2) is 0 Å². The Hall–Kier alpha value is -1.38. The maximum absolute atomic E-state index is 5.85. The molecule has 0 unspecified atom stereocenters. The van der Waals surface area contributed by atoms with Crippen molar-refractivity contribution in [1.29, 1.82) is 0 Å². The largest absolute Gasteiger partial charge is 0.398 e. The van der Waals surface area contributed by atoms with E-state index in [2.05, 4.69) is 0 Å². The fourth-order valence-corrected chi connectivity index (χ4v) is 1.68. The smallest absolute Gasteiger partial charge is 0.0635 e. The molecule has 0 saturated heterocycles. The Morgan fingerprint density at radius 1 is 0.688 bits per heavy atom. The highest BCUT2D eigenvalue weighted by molar-refractivity contribution is 6.33. The summed E-state index contributed by atoms with van der Waals surface area (Å²) in [5.74, 6) is 0. The Morgan fingerprint density at radius 3 is 1.38 bits per heavy atom. The molecule has 4 N–H and O–H groups in total. The number of hydrogen-bond donors (Lipinski definition) is 2. The summed E-state index contributed by atoms with van der Waals surface area (Å²) in [4.78, 5) is 0. The van der Waals surface area contributed by atoms with Gasteiger partial charge < -0.3 is 11.5 Å². The molecule has 0 aliphatic rings. The van der Waals surface area contributed by atoms with Crippen LogP contribution in [0.25, 0.3) is 11.1 Å². The van der Waals surface area contributed by atoms with Crippen molar-refractivity contribution in [1.82, 2.24) is 0 Å². The molecule has 0 spiro atoms. The number of nitrogens with two attached hydrogens (primary N) is 2. The van der Waals surface area contributed by atoms with Crippen molar-refractivity contribution in [2.24, 2.45) is 0 Å². The van der Waals surface area contributed by atoms with Crippen molar-refractivity contribution in [2.45, 2.75) is 0 Å². The van der Waals surface area contributed by atoms with Crippen LogP contribution in [0.3, 0.4) is 0 Å². The van der Waals surface area contributed by atoms with E-state index in [9.17, 15) is 0 Å².